The summed E-state index contributed by atoms with van der Waals surface area (Å²) < 4.78 is 0. The SMILES string of the molecule is C#CCNC1(C(=O)O)CCCCC1C. The number of terminal acetylenes is 1. The first-order valence-corrected chi connectivity index (χ1v) is 5.05. The second kappa shape index (κ2) is 4.47. The van der Waals surface area contributed by atoms with Gasteiger partial charge in [0.25, 0.3) is 0 Å². The van der Waals surface area contributed by atoms with Crippen LogP contribution in [0, 0.1) is 18.3 Å². The van der Waals surface area contributed by atoms with Crippen LogP contribution in [-0.4, -0.2) is 23.2 Å². The van der Waals surface area contributed by atoms with Crippen LogP contribution < -0.4 is 5.32 Å². The van der Waals surface area contributed by atoms with E-state index < -0.39 is 11.5 Å². The first kappa shape index (κ1) is 11.1. The lowest BCUT2D eigenvalue weighted by molar-refractivity contribution is -0.148. The molecule has 2 N–H and O–H groups in total. The van der Waals surface area contributed by atoms with E-state index in [-0.39, 0.29) is 5.92 Å². The Kier molecular flexibility index (Phi) is 3.54. The molecule has 2 atom stereocenters. The van der Waals surface area contributed by atoms with Crippen LogP contribution in [0.4, 0.5) is 0 Å². The molecule has 1 fully saturated rings. The molecule has 78 valence electrons. The van der Waals surface area contributed by atoms with Crippen molar-refractivity contribution >= 4 is 5.97 Å². The lowest BCUT2D eigenvalue weighted by Gasteiger charge is -2.39. The van der Waals surface area contributed by atoms with Crippen molar-refractivity contribution in [3.05, 3.63) is 0 Å². The number of rotatable bonds is 3. The lowest BCUT2D eigenvalue weighted by Crippen LogP contribution is -2.58. The molecule has 0 aliphatic heterocycles. The van der Waals surface area contributed by atoms with Crippen LogP contribution in [0.5, 0.6) is 0 Å². The first-order chi connectivity index (χ1) is 6.63. The predicted molar refractivity (Wildman–Crippen MR) is 54.8 cm³/mol. The molecule has 0 bridgehead atoms. The normalized spacial score (nSPS) is 32.1. The maximum absolute atomic E-state index is 11.3. The van der Waals surface area contributed by atoms with Gasteiger partial charge in [-0.25, -0.2) is 0 Å². The number of carbonyl (C=O) groups is 1. The van der Waals surface area contributed by atoms with Gasteiger partial charge in [0.15, 0.2) is 0 Å². The van der Waals surface area contributed by atoms with Crippen LogP contribution >= 0.6 is 0 Å². The molecule has 0 aromatic carbocycles. The molecular formula is C11H17NO2. The number of carboxylic acids is 1. The van der Waals surface area contributed by atoms with Crippen LogP contribution in [0.3, 0.4) is 0 Å². The van der Waals surface area contributed by atoms with Crippen LogP contribution in [0.15, 0.2) is 0 Å². The monoisotopic (exact) mass is 195 g/mol. The minimum absolute atomic E-state index is 0.155. The number of hydrogen-bond donors (Lipinski definition) is 2. The number of carboxylic acid groups (broad SMARTS) is 1. The quantitative estimate of drug-likeness (QED) is 0.666. The molecule has 1 rings (SSSR count). The van der Waals surface area contributed by atoms with E-state index in [1.807, 2.05) is 6.92 Å². The summed E-state index contributed by atoms with van der Waals surface area (Å²) in [5.74, 6) is 1.83. The van der Waals surface area contributed by atoms with E-state index in [0.29, 0.717) is 13.0 Å². The summed E-state index contributed by atoms with van der Waals surface area (Å²) in [5, 5.41) is 12.3. The minimum Gasteiger partial charge on any atom is -0.480 e. The highest BCUT2D eigenvalue weighted by Crippen LogP contribution is 2.33. The van der Waals surface area contributed by atoms with Gasteiger partial charge in [-0.15, -0.1) is 6.42 Å². The number of hydrogen-bond acceptors (Lipinski definition) is 2. The zero-order valence-corrected chi connectivity index (χ0v) is 8.55. The third kappa shape index (κ3) is 1.91. The predicted octanol–water partition coefficient (Wildman–Crippen LogP) is 1.24. The fourth-order valence-corrected chi connectivity index (χ4v) is 2.21. The van der Waals surface area contributed by atoms with Gasteiger partial charge in [-0.1, -0.05) is 25.7 Å². The van der Waals surface area contributed by atoms with Gasteiger partial charge in [0.05, 0.1) is 6.54 Å². The molecule has 1 aliphatic rings. The Bertz CT molecular complexity index is 257. The van der Waals surface area contributed by atoms with E-state index in [9.17, 15) is 9.90 Å². The fraction of sp³-hybridized carbons (Fsp3) is 0.727. The highest BCUT2D eigenvalue weighted by atomic mass is 16.4. The molecule has 0 radical (unpaired) electrons. The van der Waals surface area contributed by atoms with Gasteiger partial charge >= 0.3 is 5.97 Å². The molecule has 0 heterocycles. The van der Waals surface area contributed by atoms with Gasteiger partial charge in [0, 0.05) is 0 Å². The highest BCUT2D eigenvalue weighted by molar-refractivity contribution is 5.79. The van der Waals surface area contributed by atoms with Crippen molar-refractivity contribution in [2.24, 2.45) is 5.92 Å². The van der Waals surface area contributed by atoms with Crippen LogP contribution in [0.2, 0.25) is 0 Å². The fourth-order valence-electron chi connectivity index (χ4n) is 2.21. The van der Waals surface area contributed by atoms with Crippen molar-refractivity contribution in [1.82, 2.24) is 5.32 Å². The van der Waals surface area contributed by atoms with Gasteiger partial charge in [-0.05, 0) is 18.8 Å². The van der Waals surface area contributed by atoms with E-state index in [2.05, 4.69) is 11.2 Å². The zero-order valence-electron chi connectivity index (χ0n) is 8.55. The molecule has 3 nitrogen and oxygen atoms in total. The van der Waals surface area contributed by atoms with Crippen molar-refractivity contribution in [3.8, 4) is 12.3 Å². The standard InChI is InChI=1S/C11H17NO2/c1-3-8-12-11(10(13)14)7-5-4-6-9(11)2/h1,9,12H,4-8H2,2H3,(H,13,14). The van der Waals surface area contributed by atoms with Crippen molar-refractivity contribution in [3.63, 3.8) is 0 Å². The molecule has 0 aromatic heterocycles. The molecule has 14 heavy (non-hydrogen) atoms. The Morgan fingerprint density at radius 1 is 1.71 bits per heavy atom. The van der Waals surface area contributed by atoms with Crippen molar-refractivity contribution in [2.75, 3.05) is 6.54 Å². The van der Waals surface area contributed by atoms with Crippen LogP contribution in [-0.2, 0) is 4.79 Å². The number of nitrogens with one attached hydrogen (secondary N) is 1. The summed E-state index contributed by atoms with van der Waals surface area (Å²) in [7, 11) is 0. The molecule has 0 aromatic rings. The summed E-state index contributed by atoms with van der Waals surface area (Å²) in [6.07, 6.45) is 8.88. The smallest absolute Gasteiger partial charge is 0.324 e. The summed E-state index contributed by atoms with van der Waals surface area (Å²) in [5.41, 5.74) is -0.787. The zero-order chi connectivity index (χ0) is 10.6. The Morgan fingerprint density at radius 2 is 2.43 bits per heavy atom. The third-order valence-corrected chi connectivity index (χ3v) is 3.19. The van der Waals surface area contributed by atoms with Crippen molar-refractivity contribution < 1.29 is 9.90 Å². The van der Waals surface area contributed by atoms with Gasteiger partial charge in [0.1, 0.15) is 5.54 Å². The Labute approximate surface area is 84.9 Å². The summed E-state index contributed by atoms with van der Waals surface area (Å²) >= 11 is 0. The molecular weight excluding hydrogens is 178 g/mol. The molecule has 1 aliphatic carbocycles. The second-order valence-corrected chi connectivity index (χ2v) is 3.98. The average molecular weight is 195 g/mol. The van der Waals surface area contributed by atoms with E-state index in [1.165, 1.54) is 0 Å². The van der Waals surface area contributed by atoms with Crippen molar-refractivity contribution in [1.29, 1.82) is 0 Å². The molecule has 0 spiro atoms. The van der Waals surface area contributed by atoms with Gasteiger partial charge in [-0.3, -0.25) is 10.1 Å². The summed E-state index contributed by atoms with van der Waals surface area (Å²) in [4.78, 5) is 11.3. The molecule has 1 saturated carbocycles. The van der Waals surface area contributed by atoms with Gasteiger partial charge in [-0.2, -0.15) is 0 Å². The van der Waals surface area contributed by atoms with Gasteiger partial charge < -0.3 is 5.11 Å². The molecule has 0 amide bonds. The van der Waals surface area contributed by atoms with Crippen molar-refractivity contribution in [2.45, 2.75) is 38.1 Å². The minimum atomic E-state index is -0.787. The Hall–Kier alpha value is -1.01. The maximum atomic E-state index is 11.3. The topological polar surface area (TPSA) is 49.3 Å². The summed E-state index contributed by atoms with van der Waals surface area (Å²) in [6, 6.07) is 0. The first-order valence-electron chi connectivity index (χ1n) is 5.05. The molecule has 2 unspecified atom stereocenters. The highest BCUT2D eigenvalue weighted by Gasteiger charge is 2.44. The summed E-state index contributed by atoms with van der Waals surface area (Å²) in [6.45, 7) is 2.31. The van der Waals surface area contributed by atoms with E-state index in [1.54, 1.807) is 0 Å². The van der Waals surface area contributed by atoms with Gasteiger partial charge in [0.2, 0.25) is 0 Å². The molecule has 0 saturated heterocycles. The van der Waals surface area contributed by atoms with E-state index in [0.717, 1.165) is 19.3 Å². The third-order valence-electron chi connectivity index (χ3n) is 3.19. The average Bonchev–Trinajstić information content (AvgIpc) is 2.16. The Morgan fingerprint density at radius 3 is 2.93 bits per heavy atom. The lowest BCUT2D eigenvalue weighted by atomic mass is 9.73. The second-order valence-electron chi connectivity index (χ2n) is 3.98. The van der Waals surface area contributed by atoms with E-state index >= 15 is 0 Å². The Balaban J connectivity index is 2.79. The number of aliphatic carboxylic acids is 1. The largest absolute Gasteiger partial charge is 0.480 e. The van der Waals surface area contributed by atoms with Crippen LogP contribution in [0.1, 0.15) is 32.6 Å². The molecule has 3 heteroatoms. The van der Waals surface area contributed by atoms with Crippen LogP contribution in [0.25, 0.3) is 0 Å². The maximum Gasteiger partial charge on any atom is 0.324 e. The van der Waals surface area contributed by atoms with E-state index in [4.69, 9.17) is 6.42 Å².